The van der Waals surface area contributed by atoms with E-state index in [1.54, 1.807) is 0 Å². The summed E-state index contributed by atoms with van der Waals surface area (Å²) in [5, 5.41) is 8.69. The van der Waals surface area contributed by atoms with Gasteiger partial charge in [-0.3, -0.25) is 4.90 Å². The first-order valence-electron chi connectivity index (χ1n) is 5.52. The number of rotatable bonds is 3. The molecule has 3 nitrogen and oxygen atoms in total. The highest BCUT2D eigenvalue weighted by atomic mass is 16.1. The SMILES string of the molecule is N#Cc1ccc(CN2CCC[C@H]2C=O)cc1. The topological polar surface area (TPSA) is 44.1 Å². The van der Waals surface area contributed by atoms with Crippen molar-refractivity contribution in [1.82, 2.24) is 4.90 Å². The minimum atomic E-state index is 0.0793. The van der Waals surface area contributed by atoms with Gasteiger partial charge in [0, 0.05) is 6.54 Å². The van der Waals surface area contributed by atoms with Gasteiger partial charge in [0.05, 0.1) is 17.7 Å². The van der Waals surface area contributed by atoms with Crippen LogP contribution < -0.4 is 0 Å². The second-order valence-corrected chi connectivity index (χ2v) is 4.12. The van der Waals surface area contributed by atoms with E-state index in [1.807, 2.05) is 24.3 Å². The molecule has 82 valence electrons. The summed E-state index contributed by atoms with van der Waals surface area (Å²) in [6, 6.07) is 9.73. The number of carbonyl (C=O) groups excluding carboxylic acids is 1. The molecule has 1 heterocycles. The number of aldehydes is 1. The van der Waals surface area contributed by atoms with Crippen LogP contribution in [-0.2, 0) is 11.3 Å². The van der Waals surface area contributed by atoms with Crippen molar-refractivity contribution >= 4 is 6.29 Å². The van der Waals surface area contributed by atoms with Crippen molar-refractivity contribution in [3.63, 3.8) is 0 Å². The van der Waals surface area contributed by atoms with Gasteiger partial charge < -0.3 is 4.79 Å². The third-order valence-corrected chi connectivity index (χ3v) is 3.04. The Morgan fingerprint density at radius 1 is 1.44 bits per heavy atom. The third-order valence-electron chi connectivity index (χ3n) is 3.04. The second-order valence-electron chi connectivity index (χ2n) is 4.12. The van der Waals surface area contributed by atoms with Crippen LogP contribution in [0.1, 0.15) is 24.0 Å². The molecule has 0 unspecified atom stereocenters. The zero-order valence-corrected chi connectivity index (χ0v) is 9.10. The number of benzene rings is 1. The molecule has 0 amide bonds. The van der Waals surface area contributed by atoms with Crippen LogP contribution in [0.2, 0.25) is 0 Å². The lowest BCUT2D eigenvalue weighted by molar-refractivity contribution is -0.111. The fourth-order valence-corrected chi connectivity index (χ4v) is 2.12. The molecule has 0 radical (unpaired) electrons. The van der Waals surface area contributed by atoms with Crippen molar-refractivity contribution < 1.29 is 4.79 Å². The molecule has 0 saturated carbocycles. The highest BCUT2D eigenvalue weighted by molar-refractivity contribution is 5.58. The summed E-state index contributed by atoms with van der Waals surface area (Å²) in [6.45, 7) is 1.79. The molecule has 0 N–H and O–H groups in total. The van der Waals surface area contributed by atoms with Crippen LogP contribution in [0.3, 0.4) is 0 Å². The fraction of sp³-hybridized carbons (Fsp3) is 0.385. The van der Waals surface area contributed by atoms with E-state index in [0.29, 0.717) is 5.56 Å². The Kier molecular flexibility index (Phi) is 3.33. The molecule has 3 heteroatoms. The van der Waals surface area contributed by atoms with E-state index in [-0.39, 0.29) is 6.04 Å². The average Bonchev–Trinajstić information content (AvgIpc) is 2.77. The van der Waals surface area contributed by atoms with E-state index in [2.05, 4.69) is 11.0 Å². The Morgan fingerprint density at radius 3 is 2.81 bits per heavy atom. The van der Waals surface area contributed by atoms with Crippen LogP contribution in [0.25, 0.3) is 0 Å². The molecule has 0 aliphatic carbocycles. The van der Waals surface area contributed by atoms with Gasteiger partial charge in [-0.1, -0.05) is 12.1 Å². The summed E-state index contributed by atoms with van der Waals surface area (Å²) in [4.78, 5) is 13.0. The third kappa shape index (κ3) is 2.29. The van der Waals surface area contributed by atoms with Crippen LogP contribution in [0, 0.1) is 11.3 Å². The smallest absolute Gasteiger partial charge is 0.137 e. The van der Waals surface area contributed by atoms with Gasteiger partial charge in [-0.15, -0.1) is 0 Å². The lowest BCUT2D eigenvalue weighted by Crippen LogP contribution is -2.29. The quantitative estimate of drug-likeness (QED) is 0.720. The summed E-state index contributed by atoms with van der Waals surface area (Å²) >= 11 is 0. The lowest BCUT2D eigenvalue weighted by atomic mass is 10.1. The molecular weight excluding hydrogens is 200 g/mol. The van der Waals surface area contributed by atoms with Gasteiger partial charge in [-0.2, -0.15) is 5.26 Å². The van der Waals surface area contributed by atoms with Gasteiger partial charge in [-0.25, -0.2) is 0 Å². The van der Waals surface area contributed by atoms with Gasteiger partial charge in [0.15, 0.2) is 0 Å². The van der Waals surface area contributed by atoms with Crippen LogP contribution in [-0.4, -0.2) is 23.8 Å². The zero-order chi connectivity index (χ0) is 11.4. The maximum atomic E-state index is 10.8. The summed E-state index contributed by atoms with van der Waals surface area (Å²) in [5.41, 5.74) is 1.84. The average molecular weight is 214 g/mol. The Hall–Kier alpha value is -1.66. The summed E-state index contributed by atoms with van der Waals surface area (Å²) in [5.74, 6) is 0. The molecule has 0 bridgehead atoms. The van der Waals surface area contributed by atoms with E-state index in [1.165, 1.54) is 0 Å². The minimum absolute atomic E-state index is 0.0793. The summed E-state index contributed by atoms with van der Waals surface area (Å²) in [7, 11) is 0. The van der Waals surface area contributed by atoms with Crippen molar-refractivity contribution in [1.29, 1.82) is 5.26 Å². The number of hydrogen-bond acceptors (Lipinski definition) is 3. The summed E-state index contributed by atoms with van der Waals surface area (Å²) in [6.07, 6.45) is 3.11. The van der Waals surface area contributed by atoms with Crippen LogP contribution >= 0.6 is 0 Å². The van der Waals surface area contributed by atoms with E-state index in [9.17, 15) is 4.79 Å². The predicted molar refractivity (Wildman–Crippen MR) is 60.7 cm³/mol. The minimum Gasteiger partial charge on any atom is -0.302 e. The first-order valence-corrected chi connectivity index (χ1v) is 5.52. The number of likely N-dealkylation sites (tertiary alicyclic amines) is 1. The van der Waals surface area contributed by atoms with Crippen molar-refractivity contribution in [2.24, 2.45) is 0 Å². The molecule has 1 saturated heterocycles. The van der Waals surface area contributed by atoms with Crippen molar-refractivity contribution in [2.45, 2.75) is 25.4 Å². The van der Waals surface area contributed by atoms with Crippen molar-refractivity contribution in [2.75, 3.05) is 6.54 Å². The Balaban J connectivity index is 2.03. The molecule has 0 aromatic heterocycles. The van der Waals surface area contributed by atoms with Gasteiger partial charge in [-0.05, 0) is 37.1 Å². The predicted octanol–water partition coefficient (Wildman–Crippen LogP) is 1.72. The number of hydrogen-bond donors (Lipinski definition) is 0. The number of nitrogens with zero attached hydrogens (tertiary/aromatic N) is 2. The Bertz CT molecular complexity index is 405. The fourth-order valence-electron chi connectivity index (χ4n) is 2.12. The molecule has 1 aliphatic rings. The monoisotopic (exact) mass is 214 g/mol. The molecule has 1 aromatic carbocycles. The van der Waals surface area contributed by atoms with E-state index in [0.717, 1.165) is 37.8 Å². The molecule has 0 spiro atoms. The Labute approximate surface area is 95.3 Å². The highest BCUT2D eigenvalue weighted by Gasteiger charge is 2.23. The van der Waals surface area contributed by atoms with Crippen molar-refractivity contribution in [3.05, 3.63) is 35.4 Å². The van der Waals surface area contributed by atoms with Crippen LogP contribution in [0.5, 0.6) is 0 Å². The first-order chi connectivity index (χ1) is 7.83. The Morgan fingerprint density at radius 2 is 2.19 bits per heavy atom. The molecule has 2 rings (SSSR count). The first kappa shape index (κ1) is 10.8. The molecule has 1 aliphatic heterocycles. The molecule has 1 fully saturated rings. The number of nitriles is 1. The van der Waals surface area contributed by atoms with Gasteiger partial charge >= 0.3 is 0 Å². The van der Waals surface area contributed by atoms with Gasteiger partial charge in [0.1, 0.15) is 6.29 Å². The maximum absolute atomic E-state index is 10.8. The highest BCUT2D eigenvalue weighted by Crippen LogP contribution is 2.18. The van der Waals surface area contributed by atoms with Gasteiger partial charge in [0.25, 0.3) is 0 Å². The summed E-state index contributed by atoms with van der Waals surface area (Å²) < 4.78 is 0. The largest absolute Gasteiger partial charge is 0.302 e. The van der Waals surface area contributed by atoms with Crippen molar-refractivity contribution in [3.8, 4) is 6.07 Å². The lowest BCUT2D eigenvalue weighted by Gasteiger charge is -2.19. The van der Waals surface area contributed by atoms with Crippen LogP contribution in [0.15, 0.2) is 24.3 Å². The molecular formula is C13H14N2O. The standard InChI is InChI=1S/C13H14N2O/c14-8-11-3-5-12(6-4-11)9-15-7-1-2-13(15)10-16/h3-6,10,13H,1-2,7,9H2/t13-/m0/s1. The van der Waals surface area contributed by atoms with Crippen LogP contribution in [0.4, 0.5) is 0 Å². The molecule has 16 heavy (non-hydrogen) atoms. The molecule has 1 atom stereocenters. The van der Waals surface area contributed by atoms with Gasteiger partial charge in [0.2, 0.25) is 0 Å². The van der Waals surface area contributed by atoms with E-state index < -0.39 is 0 Å². The van der Waals surface area contributed by atoms with E-state index in [4.69, 9.17) is 5.26 Å². The second kappa shape index (κ2) is 4.91. The maximum Gasteiger partial charge on any atom is 0.137 e. The number of carbonyl (C=O) groups is 1. The zero-order valence-electron chi connectivity index (χ0n) is 9.10. The normalized spacial score (nSPS) is 20.6. The van der Waals surface area contributed by atoms with E-state index >= 15 is 0 Å². The molecule has 1 aromatic rings.